The normalized spacial score (nSPS) is 12.0. The van der Waals surface area contributed by atoms with Gasteiger partial charge in [0.1, 0.15) is 0 Å². The Kier molecular flexibility index (Phi) is 4.72. The van der Waals surface area contributed by atoms with Crippen molar-refractivity contribution >= 4 is 43.0 Å². The molecule has 0 aliphatic rings. The molecule has 0 saturated heterocycles. The van der Waals surface area contributed by atoms with E-state index in [1.54, 1.807) is 32.3 Å². The van der Waals surface area contributed by atoms with Gasteiger partial charge in [-0.3, -0.25) is 0 Å². The third-order valence-corrected chi connectivity index (χ3v) is 6.39. The van der Waals surface area contributed by atoms with E-state index in [9.17, 15) is 8.42 Å². The second kappa shape index (κ2) is 6.04. The van der Waals surface area contributed by atoms with E-state index in [4.69, 9.17) is 5.73 Å². The minimum Gasteiger partial charge on any atom is -0.398 e. The summed E-state index contributed by atoms with van der Waals surface area (Å²) in [4.78, 5) is 5.26. The van der Waals surface area contributed by atoms with Gasteiger partial charge in [0, 0.05) is 34.8 Å². The van der Waals surface area contributed by atoms with Crippen LogP contribution in [0.25, 0.3) is 0 Å². The molecule has 21 heavy (non-hydrogen) atoms. The lowest BCUT2D eigenvalue weighted by molar-refractivity contribution is 0.469. The van der Waals surface area contributed by atoms with Crippen molar-refractivity contribution in [3.63, 3.8) is 0 Å². The van der Waals surface area contributed by atoms with Gasteiger partial charge in [0.2, 0.25) is 10.0 Å². The largest absolute Gasteiger partial charge is 0.398 e. The number of nitrogen functional groups attached to an aromatic ring is 1. The Morgan fingerprint density at radius 3 is 2.62 bits per heavy atom. The number of nitrogens with zero attached hydrogens (tertiary/aromatic N) is 2. The van der Waals surface area contributed by atoms with Crippen molar-refractivity contribution in [3.8, 4) is 0 Å². The van der Waals surface area contributed by atoms with E-state index in [-0.39, 0.29) is 4.90 Å². The average Bonchev–Trinajstić information content (AvgIpc) is 2.79. The van der Waals surface area contributed by atoms with Crippen molar-refractivity contribution in [2.45, 2.75) is 25.3 Å². The van der Waals surface area contributed by atoms with Crippen molar-refractivity contribution in [1.29, 1.82) is 0 Å². The number of halogens is 1. The van der Waals surface area contributed by atoms with Crippen LogP contribution in [-0.2, 0) is 16.6 Å². The molecular formula is C13H16BrN3O2S2. The zero-order chi connectivity index (χ0) is 15.8. The molecule has 5 nitrogen and oxygen atoms in total. The first-order valence-electron chi connectivity index (χ1n) is 6.15. The van der Waals surface area contributed by atoms with Gasteiger partial charge in [0.15, 0.2) is 0 Å². The van der Waals surface area contributed by atoms with E-state index in [1.165, 1.54) is 15.6 Å². The lowest BCUT2D eigenvalue weighted by atomic mass is 10.2. The van der Waals surface area contributed by atoms with Crippen molar-refractivity contribution in [3.05, 3.63) is 38.3 Å². The van der Waals surface area contributed by atoms with Gasteiger partial charge in [-0.05, 0) is 31.5 Å². The highest BCUT2D eigenvalue weighted by atomic mass is 79.9. The Morgan fingerprint density at radius 2 is 2.05 bits per heavy atom. The number of benzene rings is 1. The summed E-state index contributed by atoms with van der Waals surface area (Å²) >= 11 is 4.77. The van der Waals surface area contributed by atoms with Crippen LogP contribution < -0.4 is 5.73 Å². The number of nitrogens with two attached hydrogens (primary N) is 1. The molecule has 0 amide bonds. The van der Waals surface area contributed by atoms with Crippen LogP contribution >= 0.6 is 27.3 Å². The Labute approximate surface area is 137 Å². The van der Waals surface area contributed by atoms with Gasteiger partial charge in [0.05, 0.1) is 9.90 Å². The fourth-order valence-corrected chi connectivity index (χ4v) is 4.88. The summed E-state index contributed by atoms with van der Waals surface area (Å²) in [6.45, 7) is 3.89. The van der Waals surface area contributed by atoms with Crippen LogP contribution in [-0.4, -0.2) is 24.8 Å². The fourth-order valence-electron chi connectivity index (χ4n) is 1.89. The van der Waals surface area contributed by atoms with Crippen LogP contribution in [0.15, 0.2) is 27.7 Å². The molecule has 0 aliphatic heterocycles. The van der Waals surface area contributed by atoms with E-state index in [0.717, 1.165) is 9.88 Å². The maximum absolute atomic E-state index is 12.7. The van der Waals surface area contributed by atoms with Gasteiger partial charge >= 0.3 is 0 Å². The first-order valence-corrected chi connectivity index (χ1v) is 9.20. The summed E-state index contributed by atoms with van der Waals surface area (Å²) in [6, 6.07) is 3.27. The lowest BCUT2D eigenvalue weighted by Crippen LogP contribution is -2.27. The van der Waals surface area contributed by atoms with Crippen LogP contribution in [0.5, 0.6) is 0 Å². The van der Waals surface area contributed by atoms with Gasteiger partial charge in [-0.1, -0.05) is 15.9 Å². The molecule has 1 aromatic carbocycles. The molecule has 0 aliphatic carbocycles. The molecule has 0 unspecified atom stereocenters. The van der Waals surface area contributed by atoms with Gasteiger partial charge in [-0.15, -0.1) is 11.3 Å². The number of aromatic nitrogens is 1. The van der Waals surface area contributed by atoms with Crippen LogP contribution in [0.2, 0.25) is 0 Å². The van der Waals surface area contributed by atoms with E-state index >= 15 is 0 Å². The Hall–Kier alpha value is -0.960. The van der Waals surface area contributed by atoms with Gasteiger partial charge in [0.25, 0.3) is 0 Å². The lowest BCUT2D eigenvalue weighted by Gasteiger charge is -2.18. The fraction of sp³-hybridized carbons (Fsp3) is 0.308. The second-order valence-electron chi connectivity index (χ2n) is 4.72. The molecule has 1 aromatic heterocycles. The van der Waals surface area contributed by atoms with Gasteiger partial charge in [-0.25, -0.2) is 13.4 Å². The summed E-state index contributed by atoms with van der Waals surface area (Å²) in [7, 11) is -2.04. The Morgan fingerprint density at radius 1 is 1.38 bits per heavy atom. The molecule has 0 bridgehead atoms. The number of thiazole rings is 1. The molecule has 1 heterocycles. The summed E-state index contributed by atoms with van der Waals surface area (Å²) in [5.74, 6) is 0. The Bertz CT molecular complexity index is 772. The van der Waals surface area contributed by atoms with Crippen LogP contribution in [0.3, 0.4) is 0 Å². The van der Waals surface area contributed by atoms with Crippen LogP contribution in [0.1, 0.15) is 15.4 Å². The molecule has 2 N–H and O–H groups in total. The average molecular weight is 390 g/mol. The molecule has 2 aromatic rings. The van der Waals surface area contributed by atoms with Gasteiger partial charge in [-0.2, -0.15) is 4.31 Å². The topological polar surface area (TPSA) is 76.3 Å². The number of anilines is 1. The molecule has 0 saturated carbocycles. The van der Waals surface area contributed by atoms with E-state index < -0.39 is 10.0 Å². The number of aryl methyl sites for hydroxylation is 1. The molecule has 0 spiro atoms. The summed E-state index contributed by atoms with van der Waals surface area (Å²) < 4.78 is 27.4. The highest BCUT2D eigenvalue weighted by Crippen LogP contribution is 2.29. The monoisotopic (exact) mass is 389 g/mol. The highest BCUT2D eigenvalue weighted by Gasteiger charge is 2.24. The van der Waals surface area contributed by atoms with Crippen LogP contribution in [0.4, 0.5) is 5.69 Å². The standard InChI is InChI=1S/C13H16BrN3O2S2/c1-8-12(15)4-10(14)5-13(8)21(18,19)17(3)7-11-6-16-9(2)20-11/h4-6H,7,15H2,1-3H3. The second-order valence-corrected chi connectivity index (χ2v) is 8.97. The number of sulfonamides is 1. The third kappa shape index (κ3) is 3.45. The molecule has 0 atom stereocenters. The maximum atomic E-state index is 12.7. The number of hydrogen-bond acceptors (Lipinski definition) is 5. The zero-order valence-electron chi connectivity index (χ0n) is 11.9. The number of rotatable bonds is 4. The van der Waals surface area contributed by atoms with Crippen LogP contribution in [0, 0.1) is 13.8 Å². The summed E-state index contributed by atoms with van der Waals surface area (Å²) in [5.41, 5.74) is 6.86. The molecule has 0 fully saturated rings. The summed E-state index contributed by atoms with van der Waals surface area (Å²) in [5, 5.41) is 0.915. The van der Waals surface area contributed by atoms with Gasteiger partial charge < -0.3 is 5.73 Å². The zero-order valence-corrected chi connectivity index (χ0v) is 15.1. The molecule has 8 heteroatoms. The predicted octanol–water partition coefficient (Wildman–Crippen LogP) is 2.93. The number of hydrogen-bond donors (Lipinski definition) is 1. The molecule has 0 radical (unpaired) electrons. The molecule has 2 rings (SSSR count). The van der Waals surface area contributed by atoms with Crippen molar-refractivity contribution in [2.75, 3.05) is 12.8 Å². The Balaban J connectivity index is 2.37. The first-order chi connectivity index (χ1) is 9.71. The minimum atomic E-state index is -3.60. The third-order valence-electron chi connectivity index (χ3n) is 3.10. The SMILES string of the molecule is Cc1ncc(CN(C)S(=O)(=O)c2cc(Br)cc(N)c2C)s1. The quantitative estimate of drug-likeness (QED) is 0.815. The van der Waals surface area contributed by atoms with E-state index in [0.29, 0.717) is 22.3 Å². The predicted molar refractivity (Wildman–Crippen MR) is 88.8 cm³/mol. The smallest absolute Gasteiger partial charge is 0.243 e. The minimum absolute atomic E-state index is 0.220. The van der Waals surface area contributed by atoms with E-state index in [2.05, 4.69) is 20.9 Å². The maximum Gasteiger partial charge on any atom is 0.243 e. The summed E-state index contributed by atoms with van der Waals surface area (Å²) in [6.07, 6.45) is 1.70. The van der Waals surface area contributed by atoms with E-state index in [1.807, 2.05) is 6.92 Å². The van der Waals surface area contributed by atoms with Crippen molar-refractivity contribution < 1.29 is 8.42 Å². The molecule has 114 valence electrons. The molecular weight excluding hydrogens is 374 g/mol. The van der Waals surface area contributed by atoms with Crippen molar-refractivity contribution in [1.82, 2.24) is 9.29 Å². The van der Waals surface area contributed by atoms with Crippen molar-refractivity contribution in [2.24, 2.45) is 0 Å². The highest BCUT2D eigenvalue weighted by molar-refractivity contribution is 9.10. The first kappa shape index (κ1) is 16.4.